The topological polar surface area (TPSA) is 6.25 Å². The van der Waals surface area contributed by atoms with E-state index in [-0.39, 0.29) is 5.54 Å². The standard InChI is InChI=1S/C20H29N2/c1-20(2)17-19(21-13-7-4-8-14-21)12-16-22(20)15-11-18-9-5-3-6-10-18/h3,5-6,9-10,12,16H,4,7-8,11,13-15,17H2,1-2H3/q+1. The van der Waals surface area contributed by atoms with Crippen LogP contribution in [0.1, 0.15) is 45.1 Å². The summed E-state index contributed by atoms with van der Waals surface area (Å²) in [7, 11) is 0. The van der Waals surface area contributed by atoms with Crippen LogP contribution in [0.2, 0.25) is 0 Å². The number of nitrogens with zero attached hydrogens (tertiary/aromatic N) is 2. The zero-order valence-corrected chi connectivity index (χ0v) is 14.1. The average Bonchev–Trinajstić information content (AvgIpc) is 2.55. The Morgan fingerprint density at radius 3 is 2.45 bits per heavy atom. The van der Waals surface area contributed by atoms with Gasteiger partial charge in [-0.1, -0.05) is 30.3 Å². The van der Waals surface area contributed by atoms with Crippen LogP contribution in [0.5, 0.6) is 0 Å². The Labute approximate surface area is 135 Å². The predicted molar refractivity (Wildman–Crippen MR) is 93.5 cm³/mol. The molecule has 2 nitrogen and oxygen atoms in total. The molecular formula is C20H29N2+. The van der Waals surface area contributed by atoms with Gasteiger partial charge in [-0.2, -0.15) is 0 Å². The van der Waals surface area contributed by atoms with Crippen LogP contribution < -0.4 is 0 Å². The molecule has 2 aliphatic heterocycles. The second kappa shape index (κ2) is 6.68. The first kappa shape index (κ1) is 15.3. The Kier molecular flexibility index (Phi) is 4.66. The average molecular weight is 297 g/mol. The van der Waals surface area contributed by atoms with Gasteiger partial charge in [-0.25, -0.2) is 4.58 Å². The molecule has 0 atom stereocenters. The number of hydrogen-bond acceptors (Lipinski definition) is 1. The van der Waals surface area contributed by atoms with Gasteiger partial charge in [0.2, 0.25) is 0 Å². The highest BCUT2D eigenvalue weighted by atomic mass is 15.2. The normalized spacial score (nSPS) is 21.3. The van der Waals surface area contributed by atoms with Crippen LogP contribution in [0.3, 0.4) is 0 Å². The molecule has 0 aliphatic carbocycles. The van der Waals surface area contributed by atoms with Gasteiger partial charge < -0.3 is 4.90 Å². The molecule has 118 valence electrons. The van der Waals surface area contributed by atoms with Crippen LogP contribution in [-0.4, -0.2) is 40.9 Å². The molecule has 0 amide bonds. The Morgan fingerprint density at radius 1 is 1.05 bits per heavy atom. The quantitative estimate of drug-likeness (QED) is 0.765. The zero-order chi connectivity index (χ0) is 15.4. The first-order valence-corrected chi connectivity index (χ1v) is 8.75. The summed E-state index contributed by atoms with van der Waals surface area (Å²) >= 11 is 0. The van der Waals surface area contributed by atoms with E-state index < -0.39 is 0 Å². The first-order chi connectivity index (χ1) is 10.6. The molecule has 1 aromatic rings. The number of rotatable bonds is 4. The lowest BCUT2D eigenvalue weighted by molar-refractivity contribution is -0.597. The third kappa shape index (κ3) is 3.60. The van der Waals surface area contributed by atoms with E-state index in [0.29, 0.717) is 0 Å². The van der Waals surface area contributed by atoms with E-state index in [0.717, 1.165) is 19.4 Å². The van der Waals surface area contributed by atoms with Crippen LogP contribution in [0, 0.1) is 0 Å². The fourth-order valence-corrected chi connectivity index (χ4v) is 3.65. The maximum Gasteiger partial charge on any atom is 0.165 e. The Bertz CT molecular complexity index is 548. The van der Waals surface area contributed by atoms with Gasteiger partial charge in [-0.05, 0) is 24.8 Å². The molecule has 2 aliphatic rings. The van der Waals surface area contributed by atoms with E-state index in [9.17, 15) is 0 Å². The van der Waals surface area contributed by atoms with Crippen LogP contribution in [0.4, 0.5) is 0 Å². The van der Waals surface area contributed by atoms with E-state index in [2.05, 4.69) is 65.9 Å². The molecule has 0 unspecified atom stereocenters. The molecule has 2 heteroatoms. The molecule has 1 fully saturated rings. The van der Waals surface area contributed by atoms with Gasteiger partial charge in [0.05, 0.1) is 6.42 Å². The molecule has 3 rings (SSSR count). The van der Waals surface area contributed by atoms with Gasteiger partial charge in [-0.3, -0.25) is 0 Å². The number of hydrogen-bond donors (Lipinski definition) is 0. The summed E-state index contributed by atoms with van der Waals surface area (Å²) in [6.07, 6.45) is 11.1. The Hall–Kier alpha value is -1.57. The Balaban J connectivity index is 1.67. The molecule has 0 saturated carbocycles. The molecule has 0 aromatic heterocycles. The van der Waals surface area contributed by atoms with E-state index in [4.69, 9.17) is 0 Å². The molecule has 1 aromatic carbocycles. The molecule has 0 bridgehead atoms. The smallest absolute Gasteiger partial charge is 0.165 e. The lowest BCUT2D eigenvalue weighted by atomic mass is 9.92. The van der Waals surface area contributed by atoms with Crippen molar-refractivity contribution in [1.82, 2.24) is 4.90 Å². The molecule has 1 saturated heterocycles. The van der Waals surface area contributed by atoms with Crippen LogP contribution >= 0.6 is 0 Å². The molecule has 0 spiro atoms. The van der Waals surface area contributed by atoms with Crippen LogP contribution in [-0.2, 0) is 6.42 Å². The monoisotopic (exact) mass is 297 g/mol. The minimum Gasteiger partial charge on any atom is -0.374 e. The summed E-state index contributed by atoms with van der Waals surface area (Å²) in [5.41, 5.74) is 3.19. The van der Waals surface area contributed by atoms with Crippen molar-refractivity contribution >= 4 is 6.21 Å². The molecule has 0 radical (unpaired) electrons. The highest BCUT2D eigenvalue weighted by Gasteiger charge is 2.35. The summed E-state index contributed by atoms with van der Waals surface area (Å²) in [5, 5.41) is 0. The van der Waals surface area contributed by atoms with Crippen molar-refractivity contribution in [2.75, 3.05) is 19.6 Å². The van der Waals surface area contributed by atoms with Gasteiger partial charge in [0.15, 0.2) is 11.8 Å². The zero-order valence-electron chi connectivity index (χ0n) is 14.1. The second-order valence-electron chi connectivity index (χ2n) is 7.27. The minimum atomic E-state index is 0.219. The Morgan fingerprint density at radius 2 is 1.77 bits per heavy atom. The van der Waals surface area contributed by atoms with E-state index in [1.807, 2.05) is 0 Å². The fourth-order valence-electron chi connectivity index (χ4n) is 3.65. The van der Waals surface area contributed by atoms with Crippen LogP contribution in [0.15, 0.2) is 42.1 Å². The van der Waals surface area contributed by atoms with Crippen LogP contribution in [0.25, 0.3) is 0 Å². The first-order valence-electron chi connectivity index (χ1n) is 8.75. The SMILES string of the molecule is CC1(C)CC(N2CCCCC2)=CC=[N+]1CCc1ccccc1. The third-order valence-corrected chi connectivity index (χ3v) is 5.08. The highest BCUT2D eigenvalue weighted by Crippen LogP contribution is 2.27. The molecule has 22 heavy (non-hydrogen) atoms. The number of likely N-dealkylation sites (tertiary alicyclic amines) is 1. The summed E-state index contributed by atoms with van der Waals surface area (Å²) in [4.78, 5) is 2.61. The van der Waals surface area contributed by atoms with E-state index >= 15 is 0 Å². The maximum atomic E-state index is 2.61. The highest BCUT2D eigenvalue weighted by molar-refractivity contribution is 5.68. The lowest BCUT2D eigenvalue weighted by Crippen LogP contribution is -2.44. The van der Waals surface area contributed by atoms with Crippen molar-refractivity contribution in [3.8, 4) is 0 Å². The van der Waals surface area contributed by atoms with Crippen molar-refractivity contribution in [2.45, 2.75) is 51.5 Å². The summed E-state index contributed by atoms with van der Waals surface area (Å²) in [6.45, 7) is 8.36. The van der Waals surface area contributed by atoms with E-state index in [1.54, 1.807) is 5.70 Å². The van der Waals surface area contributed by atoms with Crippen molar-refractivity contribution in [3.63, 3.8) is 0 Å². The van der Waals surface area contributed by atoms with E-state index in [1.165, 1.54) is 37.9 Å². The fraction of sp³-hybridized carbons (Fsp3) is 0.550. The summed E-state index contributed by atoms with van der Waals surface area (Å²) in [6, 6.07) is 10.8. The molecule has 0 N–H and O–H groups in total. The van der Waals surface area contributed by atoms with Gasteiger partial charge in [0, 0.05) is 45.1 Å². The second-order valence-corrected chi connectivity index (χ2v) is 7.27. The molecule has 2 heterocycles. The number of benzene rings is 1. The summed E-state index contributed by atoms with van der Waals surface area (Å²) in [5.74, 6) is 0. The lowest BCUT2D eigenvalue weighted by Gasteiger charge is -2.36. The van der Waals surface area contributed by atoms with Crippen molar-refractivity contribution in [1.29, 1.82) is 0 Å². The van der Waals surface area contributed by atoms with Crippen molar-refractivity contribution in [2.24, 2.45) is 0 Å². The minimum absolute atomic E-state index is 0.219. The van der Waals surface area contributed by atoms with Crippen molar-refractivity contribution in [3.05, 3.63) is 47.7 Å². The van der Waals surface area contributed by atoms with Gasteiger partial charge in [0.1, 0.15) is 6.54 Å². The largest absolute Gasteiger partial charge is 0.374 e. The maximum absolute atomic E-state index is 2.61. The summed E-state index contributed by atoms with van der Waals surface area (Å²) < 4.78 is 2.52. The number of allylic oxidation sites excluding steroid dienone is 1. The predicted octanol–water partition coefficient (Wildman–Crippen LogP) is 3.86. The third-order valence-electron chi connectivity index (χ3n) is 5.08. The van der Waals surface area contributed by atoms with Gasteiger partial charge >= 0.3 is 0 Å². The number of piperidine rings is 1. The van der Waals surface area contributed by atoms with Gasteiger partial charge in [0.25, 0.3) is 0 Å². The van der Waals surface area contributed by atoms with Gasteiger partial charge in [-0.15, -0.1) is 0 Å². The van der Waals surface area contributed by atoms with Crippen molar-refractivity contribution < 1.29 is 4.58 Å². The molecular weight excluding hydrogens is 268 g/mol.